The topological polar surface area (TPSA) is 155 Å². The van der Waals surface area contributed by atoms with Crippen LogP contribution >= 0.6 is 0 Å². The van der Waals surface area contributed by atoms with Crippen molar-refractivity contribution in [2.24, 2.45) is 0 Å². The lowest BCUT2D eigenvalue weighted by Crippen LogP contribution is -2.26. The number of hydrogen-bond acceptors (Lipinski definition) is 8. The third-order valence-electron chi connectivity index (χ3n) is 2.98. The minimum atomic E-state index is -3.51. The van der Waals surface area contributed by atoms with Crippen LogP contribution in [0.3, 0.4) is 0 Å². The van der Waals surface area contributed by atoms with E-state index in [2.05, 4.69) is 15.0 Å². The molecule has 3 aromatic rings. The summed E-state index contributed by atoms with van der Waals surface area (Å²) in [7, 11) is -3.51. The monoisotopic (exact) mass is 352 g/mol. The van der Waals surface area contributed by atoms with E-state index >= 15 is 0 Å². The van der Waals surface area contributed by atoms with E-state index in [4.69, 9.17) is 10.2 Å². The highest BCUT2D eigenvalue weighted by Crippen LogP contribution is 2.16. The molecule has 0 aliphatic rings. The van der Waals surface area contributed by atoms with Gasteiger partial charge in [-0.05, 0) is 12.1 Å². The van der Waals surface area contributed by atoms with Gasteiger partial charge in [0.15, 0.2) is 11.4 Å². The number of fused-ring (bicyclic) bond motifs is 1. The Balaban J connectivity index is 1.88. The van der Waals surface area contributed by atoms with Gasteiger partial charge in [-0.1, -0.05) is 5.21 Å². The normalized spacial score (nSPS) is 11.7. The fourth-order valence-electron chi connectivity index (χ4n) is 2.09. The smallest absolute Gasteiger partial charge is 0.407 e. The van der Waals surface area contributed by atoms with Crippen molar-refractivity contribution in [3.05, 3.63) is 34.9 Å². The first-order valence-corrected chi connectivity index (χ1v) is 8.44. The van der Waals surface area contributed by atoms with Gasteiger partial charge in [0, 0.05) is 11.8 Å². The van der Waals surface area contributed by atoms with E-state index in [9.17, 15) is 18.0 Å². The summed E-state index contributed by atoms with van der Waals surface area (Å²) >= 11 is 0. The molecule has 0 saturated carbocycles. The quantitative estimate of drug-likeness (QED) is 0.594. The van der Waals surface area contributed by atoms with Crippen LogP contribution < -0.4 is 16.2 Å². The molecule has 2 heterocycles. The predicted octanol–water partition coefficient (Wildman–Crippen LogP) is -0.520. The van der Waals surface area contributed by atoms with Crippen molar-refractivity contribution in [1.82, 2.24) is 19.6 Å². The van der Waals surface area contributed by atoms with E-state index in [0.29, 0.717) is 5.69 Å². The number of nitrogen functional groups attached to an aromatic ring is 1. The maximum Gasteiger partial charge on any atom is 0.426 e. The summed E-state index contributed by atoms with van der Waals surface area (Å²) in [5, 5.41) is 7.20. The summed E-state index contributed by atoms with van der Waals surface area (Å²) in [4.78, 5) is 24.2. The van der Waals surface area contributed by atoms with Crippen LogP contribution in [0.2, 0.25) is 0 Å². The lowest BCUT2D eigenvalue weighted by molar-refractivity contribution is 0.0882. The Morgan fingerprint density at radius 1 is 1.42 bits per heavy atom. The van der Waals surface area contributed by atoms with Gasteiger partial charge in [0.05, 0.1) is 18.0 Å². The minimum Gasteiger partial charge on any atom is -0.407 e. The fraction of sp³-hybridized carbons (Fsp3) is 0.167. The summed E-state index contributed by atoms with van der Waals surface area (Å²) in [5.74, 6) is -1.52. The first-order valence-electron chi connectivity index (χ1n) is 6.55. The predicted molar refractivity (Wildman–Crippen MR) is 84.0 cm³/mol. The molecule has 0 amide bonds. The summed E-state index contributed by atoms with van der Waals surface area (Å²) in [6.07, 6.45) is 2.18. The van der Waals surface area contributed by atoms with E-state index in [0.717, 1.165) is 15.5 Å². The van der Waals surface area contributed by atoms with Gasteiger partial charge < -0.3 is 10.2 Å². The van der Waals surface area contributed by atoms with Crippen LogP contribution in [0.15, 0.2) is 33.6 Å². The van der Waals surface area contributed by atoms with Crippen molar-refractivity contribution in [1.29, 1.82) is 0 Å². The molecule has 3 N–H and O–H groups in total. The first-order chi connectivity index (χ1) is 11.2. The van der Waals surface area contributed by atoms with Crippen LogP contribution in [0.4, 0.5) is 11.5 Å². The van der Waals surface area contributed by atoms with Crippen LogP contribution in [0.1, 0.15) is 4.79 Å². The van der Waals surface area contributed by atoms with Crippen LogP contribution in [0, 0.1) is 0 Å². The Bertz CT molecular complexity index is 1090. The Hall–Kier alpha value is -3.15. The maximum atomic E-state index is 12.3. The molecular formula is C12H12N6O5S. The molecule has 24 heavy (non-hydrogen) atoms. The number of carbonyl (C=O) groups excluding carboxylic acids is 1. The zero-order valence-electron chi connectivity index (χ0n) is 12.3. The zero-order valence-corrected chi connectivity index (χ0v) is 13.1. The molecule has 0 saturated heterocycles. The standard InChI is InChI=1S/C12H12N6O5S/c1-24(21,22)15-10-5-17(16-14-10)6-11(19)18-8-3-2-7(13)4-9(8)23-12(18)20/h2-5,15H,6,13H2,1H3. The van der Waals surface area contributed by atoms with Crippen LogP contribution in [0.25, 0.3) is 11.1 Å². The van der Waals surface area contributed by atoms with Gasteiger partial charge in [-0.25, -0.2) is 22.5 Å². The maximum absolute atomic E-state index is 12.3. The van der Waals surface area contributed by atoms with Crippen molar-refractivity contribution >= 4 is 38.5 Å². The number of nitrogens with two attached hydrogens (primary N) is 1. The van der Waals surface area contributed by atoms with Crippen LogP contribution in [-0.2, 0) is 16.6 Å². The van der Waals surface area contributed by atoms with E-state index in [1.54, 1.807) is 0 Å². The van der Waals surface area contributed by atoms with Crippen molar-refractivity contribution in [3.63, 3.8) is 0 Å². The second-order valence-corrected chi connectivity index (χ2v) is 6.75. The minimum absolute atomic E-state index is 0.0394. The van der Waals surface area contributed by atoms with Gasteiger partial charge in [-0.2, -0.15) is 0 Å². The highest BCUT2D eigenvalue weighted by molar-refractivity contribution is 7.92. The fourth-order valence-corrected chi connectivity index (χ4v) is 2.57. The summed E-state index contributed by atoms with van der Waals surface area (Å²) in [5.41, 5.74) is 6.45. The van der Waals surface area contributed by atoms with E-state index in [1.807, 2.05) is 0 Å². The summed E-state index contributed by atoms with van der Waals surface area (Å²) < 4.78 is 31.3. The van der Waals surface area contributed by atoms with Crippen molar-refractivity contribution in [2.75, 3.05) is 16.7 Å². The SMILES string of the molecule is CS(=O)(=O)Nc1cn(CC(=O)n2c(=O)oc3cc(N)ccc32)nn1. The number of benzene rings is 1. The molecule has 0 atom stereocenters. The van der Waals surface area contributed by atoms with E-state index in [-0.39, 0.29) is 23.5 Å². The number of carbonyl (C=O) groups is 1. The van der Waals surface area contributed by atoms with Gasteiger partial charge in [0.25, 0.3) is 5.91 Å². The lowest BCUT2D eigenvalue weighted by atomic mass is 10.3. The number of nitrogens with zero attached hydrogens (tertiary/aromatic N) is 4. The van der Waals surface area contributed by atoms with Crippen LogP contribution in [0.5, 0.6) is 0 Å². The van der Waals surface area contributed by atoms with Crippen molar-refractivity contribution in [2.45, 2.75) is 6.54 Å². The third-order valence-corrected chi connectivity index (χ3v) is 3.56. The lowest BCUT2D eigenvalue weighted by Gasteiger charge is -2.01. The molecule has 0 aliphatic carbocycles. The molecule has 11 nitrogen and oxygen atoms in total. The third kappa shape index (κ3) is 3.12. The number of anilines is 2. The van der Waals surface area contributed by atoms with Gasteiger partial charge in [-0.3, -0.25) is 9.52 Å². The molecule has 1 aromatic carbocycles. The molecule has 0 aliphatic heterocycles. The van der Waals surface area contributed by atoms with Gasteiger partial charge in [0.1, 0.15) is 6.54 Å². The molecular weight excluding hydrogens is 340 g/mol. The molecule has 0 spiro atoms. The Morgan fingerprint density at radius 2 is 2.17 bits per heavy atom. The molecule has 0 fully saturated rings. The summed E-state index contributed by atoms with van der Waals surface area (Å²) in [6.45, 7) is -0.336. The van der Waals surface area contributed by atoms with Crippen molar-refractivity contribution < 1.29 is 17.6 Å². The van der Waals surface area contributed by atoms with Gasteiger partial charge >= 0.3 is 5.76 Å². The molecule has 0 radical (unpaired) electrons. The Kier molecular flexibility index (Phi) is 3.60. The molecule has 12 heteroatoms. The highest BCUT2D eigenvalue weighted by Gasteiger charge is 2.17. The largest absolute Gasteiger partial charge is 0.426 e. The first kappa shape index (κ1) is 15.7. The average Bonchev–Trinajstić information content (AvgIpc) is 2.99. The van der Waals surface area contributed by atoms with Gasteiger partial charge in [-0.15, -0.1) is 5.10 Å². The number of sulfonamides is 1. The number of nitrogens with one attached hydrogen (secondary N) is 1. The summed E-state index contributed by atoms with van der Waals surface area (Å²) in [6, 6.07) is 4.46. The van der Waals surface area contributed by atoms with E-state index in [1.165, 1.54) is 24.4 Å². The van der Waals surface area contributed by atoms with Gasteiger partial charge in [0.2, 0.25) is 10.0 Å². The molecule has 126 valence electrons. The van der Waals surface area contributed by atoms with E-state index < -0.39 is 21.7 Å². The molecule has 3 rings (SSSR count). The number of rotatable bonds is 4. The highest BCUT2D eigenvalue weighted by atomic mass is 32.2. The second-order valence-electron chi connectivity index (χ2n) is 5.00. The Morgan fingerprint density at radius 3 is 2.88 bits per heavy atom. The van der Waals surface area contributed by atoms with Crippen molar-refractivity contribution in [3.8, 4) is 0 Å². The second kappa shape index (κ2) is 5.49. The Labute approximate surface area is 134 Å². The number of aromatic nitrogens is 4. The molecule has 2 aromatic heterocycles. The number of oxazole rings is 1. The molecule has 0 unspecified atom stereocenters. The zero-order chi connectivity index (χ0) is 17.5. The average molecular weight is 352 g/mol. The number of hydrogen-bond donors (Lipinski definition) is 2. The van der Waals surface area contributed by atoms with Crippen LogP contribution in [-0.4, -0.2) is 40.1 Å². The molecule has 0 bridgehead atoms.